The molecule has 4 aromatic rings. The van der Waals surface area contributed by atoms with Gasteiger partial charge >= 0.3 is 0 Å². The normalized spacial score (nSPS) is 11.1. The number of aromatic nitrogens is 1. The Balaban J connectivity index is 1.98. The first-order valence-electron chi connectivity index (χ1n) is 8.69. The third-order valence-corrected chi connectivity index (χ3v) is 4.67. The number of para-hydroxylation sites is 1. The lowest BCUT2D eigenvalue weighted by Crippen LogP contribution is -2.03. The molecular formula is C23H21NO. The molecule has 4 rings (SSSR count). The molecule has 2 heteroatoms. The molecule has 0 radical (unpaired) electrons. The predicted molar refractivity (Wildman–Crippen MR) is 104 cm³/mol. The maximum Gasteiger partial charge on any atom is 0.0527 e. The van der Waals surface area contributed by atoms with Gasteiger partial charge < -0.3 is 9.67 Å². The van der Waals surface area contributed by atoms with E-state index in [2.05, 4.69) is 77.4 Å². The van der Waals surface area contributed by atoms with E-state index in [1.165, 1.54) is 33.3 Å². The highest BCUT2D eigenvalue weighted by Crippen LogP contribution is 2.34. The molecule has 0 atom stereocenters. The summed E-state index contributed by atoms with van der Waals surface area (Å²) < 4.78 is 2.38. The van der Waals surface area contributed by atoms with Crippen LogP contribution in [0, 0.1) is 0 Å². The zero-order valence-electron chi connectivity index (χ0n) is 14.1. The van der Waals surface area contributed by atoms with E-state index in [4.69, 9.17) is 0 Å². The third kappa shape index (κ3) is 2.97. The maximum absolute atomic E-state index is 9.64. The fourth-order valence-electron chi connectivity index (χ4n) is 3.60. The lowest BCUT2D eigenvalue weighted by atomic mass is 10.0. The van der Waals surface area contributed by atoms with Crippen LogP contribution in [0.15, 0.2) is 84.9 Å². The minimum absolute atomic E-state index is 0.152. The number of benzene rings is 3. The Hall–Kier alpha value is -2.84. The van der Waals surface area contributed by atoms with E-state index in [0.29, 0.717) is 6.42 Å². The molecule has 0 aliphatic heterocycles. The van der Waals surface area contributed by atoms with Crippen molar-refractivity contribution in [3.05, 3.63) is 96.1 Å². The molecular weight excluding hydrogens is 306 g/mol. The van der Waals surface area contributed by atoms with Crippen LogP contribution < -0.4 is 0 Å². The molecule has 1 heterocycles. The Kier molecular flexibility index (Phi) is 4.36. The highest BCUT2D eigenvalue weighted by molar-refractivity contribution is 5.92. The lowest BCUT2D eigenvalue weighted by Gasteiger charge is -2.13. The van der Waals surface area contributed by atoms with Gasteiger partial charge in [0, 0.05) is 24.1 Å². The van der Waals surface area contributed by atoms with Gasteiger partial charge in [-0.3, -0.25) is 0 Å². The molecule has 1 aromatic heterocycles. The van der Waals surface area contributed by atoms with Crippen molar-refractivity contribution in [2.45, 2.75) is 13.0 Å². The molecule has 0 bridgehead atoms. The van der Waals surface area contributed by atoms with Crippen LogP contribution >= 0.6 is 0 Å². The number of hydrogen-bond donors (Lipinski definition) is 1. The SMILES string of the molecule is OCCc1c(-c2ccccc2)n(Cc2ccccc2)c2ccccc12. The number of hydrogen-bond acceptors (Lipinski definition) is 1. The van der Waals surface area contributed by atoms with Gasteiger partial charge in [0.15, 0.2) is 0 Å². The standard InChI is InChI=1S/C23H21NO/c25-16-15-21-20-13-7-8-14-22(20)24(17-18-9-3-1-4-10-18)23(21)19-11-5-2-6-12-19/h1-14,25H,15-17H2. The average molecular weight is 327 g/mol. The van der Waals surface area contributed by atoms with Crippen molar-refractivity contribution >= 4 is 10.9 Å². The Morgan fingerprint density at radius 2 is 1.36 bits per heavy atom. The summed E-state index contributed by atoms with van der Waals surface area (Å²) in [6.07, 6.45) is 0.659. The first-order chi connectivity index (χ1) is 12.4. The molecule has 2 nitrogen and oxygen atoms in total. The molecule has 3 aromatic carbocycles. The fourth-order valence-corrected chi connectivity index (χ4v) is 3.60. The summed E-state index contributed by atoms with van der Waals surface area (Å²) in [6, 6.07) is 29.5. The van der Waals surface area contributed by atoms with E-state index in [-0.39, 0.29) is 6.61 Å². The molecule has 0 spiro atoms. The van der Waals surface area contributed by atoms with E-state index in [1.807, 2.05) is 12.1 Å². The molecule has 0 unspecified atom stereocenters. The smallest absolute Gasteiger partial charge is 0.0527 e. The molecule has 1 N–H and O–H groups in total. The van der Waals surface area contributed by atoms with Crippen LogP contribution in [-0.4, -0.2) is 16.3 Å². The van der Waals surface area contributed by atoms with Gasteiger partial charge in [-0.2, -0.15) is 0 Å². The average Bonchev–Trinajstić information content (AvgIpc) is 2.97. The van der Waals surface area contributed by atoms with Crippen molar-refractivity contribution in [3.63, 3.8) is 0 Å². The van der Waals surface area contributed by atoms with Crippen molar-refractivity contribution in [2.24, 2.45) is 0 Å². The Morgan fingerprint density at radius 1 is 0.720 bits per heavy atom. The van der Waals surface area contributed by atoms with E-state index < -0.39 is 0 Å². The van der Waals surface area contributed by atoms with Gasteiger partial charge in [0.2, 0.25) is 0 Å². The van der Waals surface area contributed by atoms with Crippen molar-refractivity contribution in [1.82, 2.24) is 4.57 Å². The van der Waals surface area contributed by atoms with Crippen molar-refractivity contribution in [1.29, 1.82) is 0 Å². The van der Waals surface area contributed by atoms with Crippen LogP contribution in [0.5, 0.6) is 0 Å². The van der Waals surface area contributed by atoms with Gasteiger partial charge in [-0.25, -0.2) is 0 Å². The summed E-state index contributed by atoms with van der Waals surface area (Å²) >= 11 is 0. The van der Waals surface area contributed by atoms with Gasteiger partial charge in [0.1, 0.15) is 0 Å². The predicted octanol–water partition coefficient (Wildman–Crippen LogP) is 4.89. The first-order valence-corrected chi connectivity index (χ1v) is 8.69. The summed E-state index contributed by atoms with van der Waals surface area (Å²) in [5, 5.41) is 10.9. The largest absolute Gasteiger partial charge is 0.396 e. The maximum atomic E-state index is 9.64. The number of nitrogens with zero attached hydrogens (tertiary/aromatic N) is 1. The van der Waals surface area contributed by atoms with Gasteiger partial charge in [0.05, 0.1) is 5.69 Å². The number of fused-ring (bicyclic) bond motifs is 1. The van der Waals surface area contributed by atoms with Crippen LogP contribution in [0.4, 0.5) is 0 Å². The summed E-state index contributed by atoms with van der Waals surface area (Å²) in [5.41, 5.74) is 6.11. The summed E-state index contributed by atoms with van der Waals surface area (Å²) in [4.78, 5) is 0. The minimum Gasteiger partial charge on any atom is -0.396 e. The first kappa shape index (κ1) is 15.7. The topological polar surface area (TPSA) is 25.2 Å². The molecule has 0 aliphatic rings. The van der Waals surface area contributed by atoms with E-state index in [1.54, 1.807) is 0 Å². The monoisotopic (exact) mass is 327 g/mol. The minimum atomic E-state index is 0.152. The quantitative estimate of drug-likeness (QED) is 0.554. The molecule has 124 valence electrons. The van der Waals surface area contributed by atoms with E-state index in [0.717, 1.165) is 6.54 Å². The second-order valence-corrected chi connectivity index (χ2v) is 6.26. The van der Waals surface area contributed by atoms with E-state index >= 15 is 0 Å². The van der Waals surface area contributed by atoms with Gasteiger partial charge in [-0.1, -0.05) is 78.9 Å². The summed E-state index contributed by atoms with van der Waals surface area (Å²) in [7, 11) is 0. The zero-order chi connectivity index (χ0) is 17.1. The van der Waals surface area contributed by atoms with Crippen LogP contribution in [0.25, 0.3) is 22.2 Å². The number of aliphatic hydroxyl groups is 1. The van der Waals surface area contributed by atoms with Crippen LogP contribution in [0.2, 0.25) is 0 Å². The molecule has 0 aliphatic carbocycles. The number of rotatable bonds is 5. The second kappa shape index (κ2) is 6.96. The van der Waals surface area contributed by atoms with Crippen molar-refractivity contribution in [3.8, 4) is 11.3 Å². The Bertz CT molecular complexity index is 971. The van der Waals surface area contributed by atoms with Crippen molar-refractivity contribution < 1.29 is 5.11 Å². The Labute approximate surface area is 148 Å². The summed E-state index contributed by atoms with van der Waals surface area (Å²) in [6.45, 7) is 0.968. The lowest BCUT2D eigenvalue weighted by molar-refractivity contribution is 0.300. The van der Waals surface area contributed by atoms with Gasteiger partial charge in [0.25, 0.3) is 0 Å². The van der Waals surface area contributed by atoms with E-state index in [9.17, 15) is 5.11 Å². The third-order valence-electron chi connectivity index (χ3n) is 4.67. The zero-order valence-corrected chi connectivity index (χ0v) is 14.1. The summed E-state index contributed by atoms with van der Waals surface area (Å²) in [5.74, 6) is 0. The molecule has 25 heavy (non-hydrogen) atoms. The molecule has 0 saturated heterocycles. The van der Waals surface area contributed by atoms with Crippen molar-refractivity contribution in [2.75, 3.05) is 6.61 Å². The van der Waals surface area contributed by atoms with Crippen LogP contribution in [0.1, 0.15) is 11.1 Å². The molecule has 0 saturated carbocycles. The molecule has 0 amide bonds. The van der Waals surface area contributed by atoms with Crippen LogP contribution in [0.3, 0.4) is 0 Å². The van der Waals surface area contributed by atoms with Gasteiger partial charge in [-0.05, 0) is 29.2 Å². The fraction of sp³-hybridized carbons (Fsp3) is 0.130. The Morgan fingerprint density at radius 3 is 2.08 bits per heavy atom. The van der Waals surface area contributed by atoms with Crippen LogP contribution in [-0.2, 0) is 13.0 Å². The second-order valence-electron chi connectivity index (χ2n) is 6.26. The number of aliphatic hydroxyl groups excluding tert-OH is 1. The highest BCUT2D eigenvalue weighted by atomic mass is 16.2. The highest BCUT2D eigenvalue weighted by Gasteiger charge is 2.18. The van der Waals surface area contributed by atoms with Gasteiger partial charge in [-0.15, -0.1) is 0 Å². The molecule has 0 fully saturated rings.